The van der Waals surface area contributed by atoms with E-state index in [4.69, 9.17) is 0 Å². The molecular weight excluding hydrogens is 265 g/mol. The van der Waals surface area contributed by atoms with Gasteiger partial charge in [-0.3, -0.25) is 0 Å². The number of benzene rings is 1. The molecule has 0 atom stereocenters. The number of rotatable bonds is 6. The van der Waals surface area contributed by atoms with Crippen molar-refractivity contribution in [2.45, 2.75) is 47.1 Å². The van der Waals surface area contributed by atoms with E-state index in [0.29, 0.717) is 12.1 Å². The van der Waals surface area contributed by atoms with Crippen molar-refractivity contribution in [2.24, 2.45) is 0 Å². The van der Waals surface area contributed by atoms with E-state index in [2.05, 4.69) is 24.3 Å². The van der Waals surface area contributed by atoms with Crippen LogP contribution in [0.3, 0.4) is 0 Å². The van der Waals surface area contributed by atoms with Crippen LogP contribution in [0, 0.1) is 19.7 Å². The zero-order chi connectivity index (χ0) is 15.4. The SMILES string of the molecule is CCCNCc1c(F)cccc1-n1nc(C)c(CC)c1C. The summed E-state index contributed by atoms with van der Waals surface area (Å²) in [5.74, 6) is -0.179. The van der Waals surface area contributed by atoms with Gasteiger partial charge in [0.2, 0.25) is 0 Å². The number of aryl methyl sites for hydroxylation is 1. The van der Waals surface area contributed by atoms with Gasteiger partial charge >= 0.3 is 0 Å². The Labute approximate surface area is 126 Å². The van der Waals surface area contributed by atoms with E-state index in [-0.39, 0.29) is 5.82 Å². The highest BCUT2D eigenvalue weighted by molar-refractivity contribution is 5.44. The summed E-state index contributed by atoms with van der Waals surface area (Å²) < 4.78 is 16.1. The minimum atomic E-state index is -0.179. The first-order valence-corrected chi connectivity index (χ1v) is 7.63. The topological polar surface area (TPSA) is 29.9 Å². The van der Waals surface area contributed by atoms with Crippen LogP contribution < -0.4 is 5.32 Å². The van der Waals surface area contributed by atoms with Crippen LogP contribution >= 0.6 is 0 Å². The molecule has 0 saturated heterocycles. The molecule has 2 rings (SSSR count). The number of halogens is 1. The monoisotopic (exact) mass is 289 g/mol. The third-order valence-electron chi connectivity index (χ3n) is 3.85. The molecule has 0 aliphatic rings. The van der Waals surface area contributed by atoms with E-state index in [1.165, 1.54) is 11.6 Å². The van der Waals surface area contributed by atoms with Crippen LogP contribution in [0.4, 0.5) is 4.39 Å². The maximum atomic E-state index is 14.2. The van der Waals surface area contributed by atoms with Crippen molar-refractivity contribution in [1.29, 1.82) is 0 Å². The molecule has 1 aromatic carbocycles. The molecule has 114 valence electrons. The second-order valence-electron chi connectivity index (χ2n) is 5.33. The van der Waals surface area contributed by atoms with E-state index >= 15 is 0 Å². The fourth-order valence-electron chi connectivity index (χ4n) is 2.73. The highest BCUT2D eigenvalue weighted by Crippen LogP contribution is 2.23. The Morgan fingerprint density at radius 1 is 1.19 bits per heavy atom. The summed E-state index contributed by atoms with van der Waals surface area (Å²) in [7, 11) is 0. The van der Waals surface area contributed by atoms with Gasteiger partial charge in [-0.25, -0.2) is 9.07 Å². The Morgan fingerprint density at radius 3 is 2.57 bits per heavy atom. The molecule has 3 nitrogen and oxygen atoms in total. The fourth-order valence-corrected chi connectivity index (χ4v) is 2.73. The number of hydrogen-bond acceptors (Lipinski definition) is 2. The minimum Gasteiger partial charge on any atom is -0.312 e. The van der Waals surface area contributed by atoms with E-state index in [0.717, 1.165) is 36.5 Å². The van der Waals surface area contributed by atoms with Gasteiger partial charge in [-0.2, -0.15) is 5.10 Å². The van der Waals surface area contributed by atoms with E-state index in [1.54, 1.807) is 6.07 Å². The van der Waals surface area contributed by atoms with E-state index in [9.17, 15) is 4.39 Å². The van der Waals surface area contributed by atoms with Crippen LogP contribution in [0.2, 0.25) is 0 Å². The maximum Gasteiger partial charge on any atom is 0.129 e. The van der Waals surface area contributed by atoms with E-state index in [1.807, 2.05) is 24.6 Å². The summed E-state index contributed by atoms with van der Waals surface area (Å²) in [5, 5.41) is 7.88. The second kappa shape index (κ2) is 6.85. The van der Waals surface area contributed by atoms with Gasteiger partial charge in [0.15, 0.2) is 0 Å². The van der Waals surface area contributed by atoms with Crippen molar-refractivity contribution >= 4 is 0 Å². The third kappa shape index (κ3) is 3.16. The molecule has 4 heteroatoms. The summed E-state index contributed by atoms with van der Waals surface area (Å²) in [6, 6.07) is 5.19. The molecule has 2 aromatic rings. The number of nitrogens with zero attached hydrogens (tertiary/aromatic N) is 2. The first kappa shape index (κ1) is 15.7. The zero-order valence-electron chi connectivity index (χ0n) is 13.3. The lowest BCUT2D eigenvalue weighted by molar-refractivity contribution is 0.581. The van der Waals surface area contributed by atoms with Crippen LogP contribution in [0.1, 0.15) is 42.8 Å². The molecule has 0 spiro atoms. The Balaban J connectivity index is 2.46. The number of aromatic nitrogens is 2. The van der Waals surface area contributed by atoms with Crippen molar-refractivity contribution in [3.8, 4) is 5.69 Å². The van der Waals surface area contributed by atoms with Crippen LogP contribution in [0.25, 0.3) is 5.69 Å². The van der Waals surface area contributed by atoms with Gasteiger partial charge in [-0.15, -0.1) is 0 Å². The lowest BCUT2D eigenvalue weighted by Gasteiger charge is -2.13. The molecule has 0 radical (unpaired) electrons. The van der Waals surface area contributed by atoms with Crippen molar-refractivity contribution in [3.05, 3.63) is 46.5 Å². The van der Waals surface area contributed by atoms with Crippen LogP contribution in [0.15, 0.2) is 18.2 Å². The van der Waals surface area contributed by atoms with E-state index < -0.39 is 0 Å². The third-order valence-corrected chi connectivity index (χ3v) is 3.85. The molecule has 0 fully saturated rings. The molecule has 21 heavy (non-hydrogen) atoms. The van der Waals surface area contributed by atoms with Gasteiger partial charge in [0, 0.05) is 17.8 Å². The first-order valence-electron chi connectivity index (χ1n) is 7.63. The smallest absolute Gasteiger partial charge is 0.129 e. The minimum absolute atomic E-state index is 0.179. The standard InChI is InChI=1S/C17H24FN3/c1-5-10-19-11-15-16(18)8-7-9-17(15)21-13(4)14(6-2)12(3)20-21/h7-9,19H,5-6,10-11H2,1-4H3. The molecule has 1 N–H and O–H groups in total. The number of hydrogen-bond donors (Lipinski definition) is 1. The van der Waals surface area contributed by atoms with Crippen molar-refractivity contribution in [1.82, 2.24) is 15.1 Å². The molecule has 0 bridgehead atoms. The van der Waals surface area contributed by atoms with Gasteiger partial charge in [-0.1, -0.05) is 19.9 Å². The summed E-state index contributed by atoms with van der Waals surface area (Å²) in [4.78, 5) is 0. The predicted molar refractivity (Wildman–Crippen MR) is 84.4 cm³/mol. The van der Waals surface area contributed by atoms with Gasteiger partial charge in [-0.05, 0) is 50.9 Å². The highest BCUT2D eigenvalue weighted by atomic mass is 19.1. The lowest BCUT2D eigenvalue weighted by atomic mass is 10.1. The largest absolute Gasteiger partial charge is 0.312 e. The zero-order valence-corrected chi connectivity index (χ0v) is 13.3. The summed E-state index contributed by atoms with van der Waals surface area (Å²) >= 11 is 0. The molecule has 0 unspecified atom stereocenters. The summed E-state index contributed by atoms with van der Waals surface area (Å²) in [6.07, 6.45) is 1.97. The summed E-state index contributed by atoms with van der Waals surface area (Å²) in [6.45, 7) is 9.69. The lowest BCUT2D eigenvalue weighted by Crippen LogP contribution is -2.17. The van der Waals surface area contributed by atoms with Crippen molar-refractivity contribution in [3.63, 3.8) is 0 Å². The van der Waals surface area contributed by atoms with Crippen molar-refractivity contribution in [2.75, 3.05) is 6.54 Å². The molecule has 0 aliphatic heterocycles. The van der Waals surface area contributed by atoms with Gasteiger partial charge < -0.3 is 5.32 Å². The van der Waals surface area contributed by atoms with Crippen LogP contribution in [-0.2, 0) is 13.0 Å². The molecule has 0 saturated carbocycles. The van der Waals surface area contributed by atoms with Gasteiger partial charge in [0.25, 0.3) is 0 Å². The number of nitrogens with one attached hydrogen (secondary N) is 1. The van der Waals surface area contributed by atoms with Crippen molar-refractivity contribution < 1.29 is 4.39 Å². The normalized spacial score (nSPS) is 11.1. The van der Waals surface area contributed by atoms with Crippen LogP contribution in [0.5, 0.6) is 0 Å². The molecule has 1 aromatic heterocycles. The first-order chi connectivity index (χ1) is 10.1. The van der Waals surface area contributed by atoms with Crippen LogP contribution in [-0.4, -0.2) is 16.3 Å². The summed E-state index contributed by atoms with van der Waals surface area (Å²) in [5.41, 5.74) is 4.87. The second-order valence-corrected chi connectivity index (χ2v) is 5.33. The molecule has 1 heterocycles. The molecule has 0 aliphatic carbocycles. The molecular formula is C17H24FN3. The van der Waals surface area contributed by atoms with Gasteiger partial charge in [0.05, 0.1) is 11.4 Å². The Kier molecular flexibility index (Phi) is 5.12. The Hall–Kier alpha value is -1.68. The maximum absolute atomic E-state index is 14.2. The average molecular weight is 289 g/mol. The van der Waals surface area contributed by atoms with Gasteiger partial charge in [0.1, 0.15) is 5.82 Å². The predicted octanol–water partition coefficient (Wildman–Crippen LogP) is 3.69. The molecule has 0 amide bonds. The quantitative estimate of drug-likeness (QED) is 0.822. The Bertz CT molecular complexity index is 617. The average Bonchev–Trinajstić information content (AvgIpc) is 2.75. The highest BCUT2D eigenvalue weighted by Gasteiger charge is 2.15. The fraction of sp³-hybridized carbons (Fsp3) is 0.471. The Morgan fingerprint density at radius 2 is 1.95 bits per heavy atom.